The molecule has 2 aromatic carbocycles. The lowest BCUT2D eigenvalue weighted by Gasteiger charge is -2.24. The second-order valence-electron chi connectivity index (χ2n) is 6.71. The Labute approximate surface area is 172 Å². The summed E-state index contributed by atoms with van der Waals surface area (Å²) in [5.74, 6) is 0. The maximum Gasteiger partial charge on any atom is 0.186 e. The van der Waals surface area contributed by atoms with Crippen LogP contribution in [0.2, 0.25) is 10.0 Å². The van der Waals surface area contributed by atoms with Crippen LogP contribution < -0.4 is 0 Å². The van der Waals surface area contributed by atoms with E-state index in [1.165, 1.54) is 0 Å². The van der Waals surface area contributed by atoms with Crippen LogP contribution in [0.15, 0.2) is 48.5 Å². The van der Waals surface area contributed by atoms with Crippen LogP contribution in [0, 0.1) is 0 Å². The van der Waals surface area contributed by atoms with Crippen LogP contribution in [0.3, 0.4) is 0 Å². The molecule has 2 aliphatic heterocycles. The smallest absolute Gasteiger partial charge is 0.186 e. The van der Waals surface area contributed by atoms with E-state index in [0.29, 0.717) is 21.2 Å². The van der Waals surface area contributed by atoms with Gasteiger partial charge >= 0.3 is 0 Å². The van der Waals surface area contributed by atoms with E-state index in [2.05, 4.69) is 0 Å². The van der Waals surface area contributed by atoms with Gasteiger partial charge in [0, 0.05) is 21.2 Å². The van der Waals surface area contributed by atoms with Crippen molar-refractivity contribution in [2.45, 2.75) is 37.0 Å². The lowest BCUT2D eigenvalue weighted by Crippen LogP contribution is -2.45. The van der Waals surface area contributed by atoms with Gasteiger partial charge in [0.2, 0.25) is 0 Å². The normalized spacial score (nSPS) is 33.6. The molecule has 28 heavy (non-hydrogen) atoms. The van der Waals surface area contributed by atoms with Gasteiger partial charge in [-0.3, -0.25) is 0 Å². The molecule has 4 rings (SSSR count). The number of halogens is 2. The Hall–Kier alpha value is -1.22. The van der Waals surface area contributed by atoms with Gasteiger partial charge in [0.15, 0.2) is 12.6 Å². The van der Waals surface area contributed by atoms with Gasteiger partial charge in [0.05, 0.1) is 13.2 Å². The molecule has 150 valence electrons. The molecule has 0 radical (unpaired) electrons. The molecule has 2 unspecified atom stereocenters. The highest BCUT2D eigenvalue weighted by Crippen LogP contribution is 2.38. The van der Waals surface area contributed by atoms with Crippen molar-refractivity contribution in [3.8, 4) is 0 Å². The maximum absolute atomic E-state index is 10.6. The first-order chi connectivity index (χ1) is 13.5. The number of aliphatic hydroxyl groups excluding tert-OH is 2. The van der Waals surface area contributed by atoms with E-state index in [0.717, 1.165) is 0 Å². The zero-order valence-corrected chi connectivity index (χ0v) is 16.3. The molecular formula is C20H20Cl2O6. The van der Waals surface area contributed by atoms with Crippen LogP contribution in [0.25, 0.3) is 0 Å². The molecule has 6 nitrogen and oxygen atoms in total. The monoisotopic (exact) mass is 426 g/mol. The fourth-order valence-corrected chi connectivity index (χ4v) is 3.78. The quantitative estimate of drug-likeness (QED) is 0.767. The Morgan fingerprint density at radius 1 is 0.750 bits per heavy atom. The van der Waals surface area contributed by atoms with Crippen LogP contribution in [0.5, 0.6) is 0 Å². The lowest BCUT2D eigenvalue weighted by atomic mass is 10.0. The number of fused-ring (bicyclic) bond motifs is 1. The fraction of sp³-hybridized carbons (Fsp3) is 0.400. The molecule has 6 atom stereocenters. The maximum atomic E-state index is 10.6. The average Bonchev–Trinajstić information content (AvgIpc) is 3.13. The molecule has 0 amide bonds. The number of rotatable bonds is 2. The first kappa shape index (κ1) is 20.1. The molecule has 0 bridgehead atoms. The second kappa shape index (κ2) is 8.65. The van der Waals surface area contributed by atoms with Gasteiger partial charge in [-0.15, -0.1) is 0 Å². The third kappa shape index (κ3) is 4.06. The van der Waals surface area contributed by atoms with Gasteiger partial charge in [-0.05, 0) is 12.1 Å². The first-order valence-corrected chi connectivity index (χ1v) is 9.69. The Kier molecular flexibility index (Phi) is 6.20. The third-order valence-electron chi connectivity index (χ3n) is 4.82. The molecule has 2 saturated heterocycles. The summed E-state index contributed by atoms with van der Waals surface area (Å²) in [4.78, 5) is 0. The highest BCUT2D eigenvalue weighted by molar-refractivity contribution is 6.31. The van der Waals surface area contributed by atoms with E-state index >= 15 is 0 Å². The SMILES string of the molecule is O[C@H]1[C@@H]2OC(c3ccccc3Cl)O[C@@H]2COC(c2ccccc2Cl)OC[C@@H]1O. The van der Waals surface area contributed by atoms with E-state index in [-0.39, 0.29) is 13.2 Å². The van der Waals surface area contributed by atoms with Gasteiger partial charge in [-0.1, -0.05) is 59.6 Å². The summed E-state index contributed by atoms with van der Waals surface area (Å²) in [6.07, 6.45) is -5.41. The van der Waals surface area contributed by atoms with Crippen LogP contribution >= 0.6 is 23.2 Å². The Morgan fingerprint density at radius 3 is 1.96 bits per heavy atom. The molecule has 2 fully saturated rings. The third-order valence-corrected chi connectivity index (χ3v) is 5.51. The summed E-state index contributed by atoms with van der Waals surface area (Å²) in [5, 5.41) is 21.9. The minimum atomic E-state index is -1.22. The number of ether oxygens (including phenoxy) is 4. The topological polar surface area (TPSA) is 77.4 Å². The predicted octanol–water partition coefficient (Wildman–Crippen LogP) is 3.24. The number of aliphatic hydroxyl groups is 2. The van der Waals surface area contributed by atoms with Gasteiger partial charge < -0.3 is 29.2 Å². The largest absolute Gasteiger partial charge is 0.388 e. The van der Waals surface area contributed by atoms with Crippen molar-refractivity contribution >= 4 is 23.2 Å². The zero-order chi connectivity index (χ0) is 19.7. The lowest BCUT2D eigenvalue weighted by molar-refractivity contribution is -0.182. The minimum Gasteiger partial charge on any atom is -0.388 e. The molecule has 8 heteroatoms. The van der Waals surface area contributed by atoms with Crippen LogP contribution in [-0.2, 0) is 18.9 Å². The van der Waals surface area contributed by atoms with Crippen LogP contribution in [-0.4, -0.2) is 47.8 Å². The van der Waals surface area contributed by atoms with Gasteiger partial charge in [-0.2, -0.15) is 0 Å². The van der Waals surface area contributed by atoms with Gasteiger partial charge in [-0.25, -0.2) is 0 Å². The Bertz CT molecular complexity index is 819. The van der Waals surface area contributed by atoms with Gasteiger partial charge in [0.1, 0.15) is 24.4 Å². The standard InChI is InChI=1S/C20H20Cl2O6/c21-13-7-3-1-5-11(13)19-25-9-15(23)17(24)18-16(10-26-19)27-20(28-18)12-6-2-4-8-14(12)22/h1-8,15-20,23-24H,9-10H2/t15-,16+,17+,18+,19?,20?/m0/s1. The fourth-order valence-electron chi connectivity index (χ4n) is 3.33. The summed E-state index contributed by atoms with van der Waals surface area (Å²) in [5.41, 5.74) is 1.28. The molecule has 0 spiro atoms. The number of benzene rings is 2. The second-order valence-corrected chi connectivity index (χ2v) is 7.52. The summed E-state index contributed by atoms with van der Waals surface area (Å²) in [6, 6.07) is 14.3. The summed E-state index contributed by atoms with van der Waals surface area (Å²) >= 11 is 12.5. The van der Waals surface area contributed by atoms with Crippen LogP contribution in [0.1, 0.15) is 23.7 Å². The molecule has 0 aliphatic carbocycles. The van der Waals surface area contributed by atoms with E-state index in [1.807, 2.05) is 12.1 Å². The van der Waals surface area contributed by atoms with Crippen molar-refractivity contribution < 1.29 is 29.2 Å². The van der Waals surface area contributed by atoms with E-state index in [1.54, 1.807) is 36.4 Å². The van der Waals surface area contributed by atoms with Crippen molar-refractivity contribution in [2.75, 3.05) is 13.2 Å². The molecule has 2 aliphatic rings. The Balaban J connectivity index is 1.57. The summed E-state index contributed by atoms with van der Waals surface area (Å²) < 4.78 is 23.4. The highest BCUT2D eigenvalue weighted by atomic mass is 35.5. The van der Waals surface area contributed by atoms with E-state index < -0.39 is 37.0 Å². The van der Waals surface area contributed by atoms with Crippen molar-refractivity contribution in [2.24, 2.45) is 0 Å². The molecule has 0 aromatic heterocycles. The predicted molar refractivity (Wildman–Crippen MR) is 102 cm³/mol. The summed E-state index contributed by atoms with van der Waals surface area (Å²) in [7, 11) is 0. The highest BCUT2D eigenvalue weighted by Gasteiger charge is 2.45. The summed E-state index contributed by atoms with van der Waals surface area (Å²) in [6.45, 7) is -0.0777. The Morgan fingerprint density at radius 2 is 1.32 bits per heavy atom. The van der Waals surface area contributed by atoms with Crippen molar-refractivity contribution in [1.29, 1.82) is 0 Å². The molecule has 0 saturated carbocycles. The zero-order valence-electron chi connectivity index (χ0n) is 14.8. The van der Waals surface area contributed by atoms with Gasteiger partial charge in [0.25, 0.3) is 0 Å². The average molecular weight is 427 g/mol. The number of hydrogen-bond acceptors (Lipinski definition) is 6. The molecule has 2 N–H and O–H groups in total. The van der Waals surface area contributed by atoms with Crippen molar-refractivity contribution in [3.63, 3.8) is 0 Å². The van der Waals surface area contributed by atoms with Crippen LogP contribution in [0.4, 0.5) is 0 Å². The first-order valence-electron chi connectivity index (χ1n) is 8.93. The number of hydrogen-bond donors (Lipinski definition) is 2. The van der Waals surface area contributed by atoms with Crippen molar-refractivity contribution in [3.05, 3.63) is 69.7 Å². The molecule has 2 aromatic rings. The van der Waals surface area contributed by atoms with Crippen molar-refractivity contribution in [1.82, 2.24) is 0 Å². The van der Waals surface area contributed by atoms with E-state index in [4.69, 9.17) is 42.1 Å². The molecule has 2 heterocycles. The molecular weight excluding hydrogens is 407 g/mol. The minimum absolute atomic E-state index is 0.0747. The van der Waals surface area contributed by atoms with E-state index in [9.17, 15) is 10.2 Å².